The summed E-state index contributed by atoms with van der Waals surface area (Å²) in [5.41, 5.74) is 3.96. The number of aromatic amines is 1. The van der Waals surface area contributed by atoms with Gasteiger partial charge in [-0.15, -0.1) is 10.2 Å². The Labute approximate surface area is 433 Å². The first kappa shape index (κ1) is 50.0. The Morgan fingerprint density at radius 1 is 0.893 bits per heavy atom. The Balaban J connectivity index is 0.689. The predicted molar refractivity (Wildman–Crippen MR) is 277 cm³/mol. The summed E-state index contributed by atoms with van der Waals surface area (Å²) in [7, 11) is 5.28. The van der Waals surface area contributed by atoms with E-state index in [1.807, 2.05) is 71.1 Å². The summed E-state index contributed by atoms with van der Waals surface area (Å²) < 4.78 is 70.7. The molecular formula is C57H61F3N8O7. The molecule has 1 spiro atoms. The summed E-state index contributed by atoms with van der Waals surface area (Å²) in [4.78, 5) is 50.1. The number of aryl methyl sites for hydroxylation is 1. The molecule has 1 N–H and O–H groups in total. The number of aromatic nitrogens is 4. The van der Waals surface area contributed by atoms with Crippen LogP contribution in [0.15, 0.2) is 102 Å². The van der Waals surface area contributed by atoms with Gasteiger partial charge in [-0.3, -0.25) is 19.4 Å². The first-order chi connectivity index (χ1) is 36.2. The smallest absolute Gasteiger partial charge is 0.416 e. The second-order valence-electron chi connectivity index (χ2n) is 21.1. The summed E-state index contributed by atoms with van der Waals surface area (Å²) in [5, 5.41) is 8.28. The van der Waals surface area contributed by atoms with Gasteiger partial charge >= 0.3 is 6.18 Å². The highest BCUT2D eigenvalue weighted by Crippen LogP contribution is 2.49. The maximum Gasteiger partial charge on any atom is 0.416 e. The molecule has 2 aromatic heterocycles. The summed E-state index contributed by atoms with van der Waals surface area (Å²) in [6, 6.07) is 27.3. The van der Waals surface area contributed by atoms with Crippen molar-refractivity contribution in [3.05, 3.63) is 152 Å². The number of aldehydes is 1. The summed E-state index contributed by atoms with van der Waals surface area (Å²) in [6.45, 7) is 4.01. The molecule has 5 aliphatic rings. The van der Waals surface area contributed by atoms with Crippen LogP contribution in [-0.2, 0) is 54.2 Å². The molecule has 392 valence electrons. The third-order valence-corrected chi connectivity index (χ3v) is 16.3. The molecule has 4 fully saturated rings. The van der Waals surface area contributed by atoms with E-state index in [1.54, 1.807) is 55.7 Å². The number of fused-ring (bicyclic) bond motifs is 1. The Hall–Kier alpha value is -7.18. The Morgan fingerprint density at radius 2 is 1.65 bits per heavy atom. The first-order valence-corrected chi connectivity index (χ1v) is 25.7. The lowest BCUT2D eigenvalue weighted by Crippen LogP contribution is -2.58. The molecule has 0 radical (unpaired) electrons. The first-order valence-electron chi connectivity index (χ1n) is 25.7. The zero-order valence-electron chi connectivity index (χ0n) is 42.4. The number of H-pyrrole nitrogens is 1. The van der Waals surface area contributed by atoms with Gasteiger partial charge in [-0.2, -0.15) is 13.2 Å². The molecule has 3 saturated heterocycles. The average molecular weight is 1030 g/mol. The molecule has 1 aliphatic carbocycles. The number of alkyl halides is 3. The Morgan fingerprint density at radius 3 is 2.32 bits per heavy atom. The number of carbonyl (C=O) groups is 2. The molecule has 75 heavy (non-hydrogen) atoms. The third kappa shape index (κ3) is 9.85. The van der Waals surface area contributed by atoms with Crippen LogP contribution in [0.4, 0.5) is 35.9 Å². The van der Waals surface area contributed by atoms with Gasteiger partial charge in [-0.25, -0.2) is 0 Å². The quantitative estimate of drug-likeness (QED) is 0.0926. The molecule has 18 heteroatoms. The zero-order chi connectivity index (χ0) is 52.1. The number of carbonyl (C=O) groups excluding carboxylic acids is 2. The predicted octanol–water partition coefficient (Wildman–Crippen LogP) is 8.66. The van der Waals surface area contributed by atoms with Crippen molar-refractivity contribution >= 4 is 34.9 Å². The minimum Gasteiger partial charge on any atom is -0.494 e. The number of ether oxygens (including phenoxy) is 4. The van der Waals surface area contributed by atoms with E-state index in [1.165, 1.54) is 11.0 Å². The fourth-order valence-electron chi connectivity index (χ4n) is 11.9. The Kier molecular flexibility index (Phi) is 13.4. The highest BCUT2D eigenvalue weighted by atomic mass is 19.4. The van der Waals surface area contributed by atoms with Crippen molar-refractivity contribution in [2.45, 2.75) is 88.4 Å². The van der Waals surface area contributed by atoms with E-state index in [0.29, 0.717) is 79.1 Å². The van der Waals surface area contributed by atoms with Crippen molar-refractivity contribution in [3.63, 3.8) is 0 Å². The SMILES string of the molecule is COc1c(N2CCC(OC3CCC4(CC3)CN(c3cc5c(c(C(F)(F)F)c3)CN(c3cccc(C6(Cc7nncn7C)COC6)c3)C5=O)C4)CC2)ccc(C=O)c1CN(C)c1ccc(OCc2ccccc2)[nH]c1=O. The molecule has 0 bridgehead atoms. The van der Waals surface area contributed by atoms with Gasteiger partial charge in [-0.1, -0.05) is 42.5 Å². The lowest BCUT2D eigenvalue weighted by molar-refractivity contribution is -0.138. The van der Waals surface area contributed by atoms with Crippen molar-refractivity contribution in [3.8, 4) is 11.6 Å². The van der Waals surface area contributed by atoms with Crippen LogP contribution >= 0.6 is 0 Å². The number of anilines is 4. The number of amides is 1. The average Bonchev–Trinajstić information content (AvgIpc) is 3.96. The van der Waals surface area contributed by atoms with Crippen molar-refractivity contribution in [1.82, 2.24) is 19.7 Å². The van der Waals surface area contributed by atoms with Gasteiger partial charge in [-0.05, 0) is 97.7 Å². The van der Waals surface area contributed by atoms with Gasteiger partial charge in [0.1, 0.15) is 30.2 Å². The number of nitrogens with zero attached hydrogens (tertiary/aromatic N) is 7. The summed E-state index contributed by atoms with van der Waals surface area (Å²) >= 11 is 0. The largest absolute Gasteiger partial charge is 0.494 e. The minimum atomic E-state index is -4.64. The van der Waals surface area contributed by atoms with E-state index in [-0.39, 0.29) is 52.8 Å². The molecule has 4 aliphatic heterocycles. The summed E-state index contributed by atoms with van der Waals surface area (Å²) in [5.74, 6) is 1.30. The van der Waals surface area contributed by atoms with Crippen LogP contribution in [0.25, 0.3) is 0 Å². The van der Waals surface area contributed by atoms with Gasteiger partial charge in [0, 0.05) is 98.2 Å². The van der Waals surface area contributed by atoms with Crippen LogP contribution in [-0.4, -0.2) is 97.7 Å². The number of nitrogens with one attached hydrogen (secondary N) is 1. The second kappa shape index (κ2) is 20.2. The topological polar surface area (TPSA) is 148 Å². The van der Waals surface area contributed by atoms with Gasteiger partial charge in [0.05, 0.1) is 50.3 Å². The maximum absolute atomic E-state index is 14.9. The fourth-order valence-corrected chi connectivity index (χ4v) is 11.9. The minimum absolute atomic E-state index is 0.00639. The normalized spacial score (nSPS) is 18.4. The van der Waals surface area contributed by atoms with E-state index in [0.717, 1.165) is 80.5 Å². The molecule has 15 nitrogen and oxygen atoms in total. The van der Waals surface area contributed by atoms with Crippen molar-refractivity contribution < 1.29 is 41.7 Å². The van der Waals surface area contributed by atoms with Crippen LogP contribution in [0, 0.1) is 5.41 Å². The molecule has 6 aromatic rings. The van der Waals surface area contributed by atoms with E-state index in [4.69, 9.17) is 18.9 Å². The zero-order valence-corrected chi connectivity index (χ0v) is 42.4. The number of rotatable bonds is 16. The van der Waals surface area contributed by atoms with Crippen LogP contribution in [0.5, 0.6) is 11.6 Å². The monoisotopic (exact) mass is 1030 g/mol. The van der Waals surface area contributed by atoms with Crippen molar-refractivity contribution in [2.75, 3.05) is 73.1 Å². The number of hydrogen-bond acceptors (Lipinski definition) is 12. The number of halogens is 3. The lowest BCUT2D eigenvalue weighted by atomic mass is 9.67. The Bertz CT molecular complexity index is 3130. The fraction of sp³-hybridized carbons (Fsp3) is 0.421. The van der Waals surface area contributed by atoms with Crippen LogP contribution < -0.4 is 34.6 Å². The number of benzene rings is 4. The number of methoxy groups -OCH3 is 1. The molecule has 0 atom stereocenters. The second-order valence-corrected chi connectivity index (χ2v) is 21.1. The van der Waals surface area contributed by atoms with Crippen LogP contribution in [0.3, 0.4) is 0 Å². The van der Waals surface area contributed by atoms with Crippen molar-refractivity contribution in [2.24, 2.45) is 12.5 Å². The van der Waals surface area contributed by atoms with Gasteiger partial charge in [0.25, 0.3) is 11.5 Å². The van der Waals surface area contributed by atoms with E-state index in [9.17, 15) is 27.6 Å². The van der Waals surface area contributed by atoms with Gasteiger partial charge in [0.2, 0.25) is 0 Å². The highest BCUT2D eigenvalue weighted by molar-refractivity contribution is 6.11. The maximum atomic E-state index is 14.9. The molecule has 1 saturated carbocycles. The van der Waals surface area contributed by atoms with E-state index >= 15 is 0 Å². The third-order valence-electron chi connectivity index (χ3n) is 16.3. The molecule has 6 heterocycles. The standard InChI is InChI=1S/C57H61F3N8O7/c1-64(49-14-15-51(62-53(49)70)74-31-37-8-5-4-6-9-37)28-45-38(30-69)12-13-48(52(45)72-3)66-22-18-43(19-23-66)75-42-16-20-55(21-17-42)32-67(33-55)41-25-44-46(47(26-41)57(58,59)60)29-68(54(44)71)40-11-7-10-39(24-40)56(34-73-35-56)27-50-63-61-36-65(50)2/h4-15,24-26,30,36,42-43H,16-23,27-29,31-35H2,1-3H3,(H,62,70). The van der Waals surface area contributed by atoms with E-state index in [2.05, 4.69) is 20.1 Å². The number of pyridine rings is 1. The summed E-state index contributed by atoms with van der Waals surface area (Å²) in [6.07, 6.45) is 3.72. The molecule has 4 aromatic carbocycles. The molecular weight excluding hydrogens is 966 g/mol. The van der Waals surface area contributed by atoms with Crippen LogP contribution in [0.2, 0.25) is 0 Å². The lowest BCUT2D eigenvalue weighted by Gasteiger charge is -2.55. The number of hydrogen-bond donors (Lipinski definition) is 1. The molecule has 0 unspecified atom stereocenters. The van der Waals surface area contributed by atoms with Crippen molar-refractivity contribution in [1.29, 1.82) is 0 Å². The molecule has 1 amide bonds. The number of piperidine rings is 1. The van der Waals surface area contributed by atoms with Gasteiger partial charge < -0.3 is 43.1 Å². The van der Waals surface area contributed by atoms with Gasteiger partial charge in [0.15, 0.2) is 12.2 Å². The van der Waals surface area contributed by atoms with E-state index < -0.39 is 17.6 Å². The molecule has 11 rings (SSSR count). The van der Waals surface area contributed by atoms with Crippen LogP contribution in [0.1, 0.15) is 92.9 Å². The highest BCUT2D eigenvalue weighted by Gasteiger charge is 2.48.